The molecule has 0 radical (unpaired) electrons. The first kappa shape index (κ1) is 15.9. The van der Waals surface area contributed by atoms with E-state index in [9.17, 15) is 9.59 Å². The van der Waals surface area contributed by atoms with Gasteiger partial charge in [-0.15, -0.1) is 0 Å². The summed E-state index contributed by atoms with van der Waals surface area (Å²) >= 11 is 0. The number of ether oxygens (including phenoxy) is 1. The smallest absolute Gasteiger partial charge is 0.317 e. The molecule has 1 unspecified atom stereocenters. The van der Waals surface area contributed by atoms with Crippen molar-refractivity contribution in [3.05, 3.63) is 0 Å². The molecule has 0 bridgehead atoms. The highest BCUT2D eigenvalue weighted by molar-refractivity contribution is 5.78. The predicted molar refractivity (Wildman–Crippen MR) is 70.0 cm³/mol. The normalized spacial score (nSPS) is 19.1. The van der Waals surface area contributed by atoms with Crippen molar-refractivity contribution in [3.8, 4) is 0 Å². The molecule has 7 nitrogen and oxygen atoms in total. The molecule has 110 valence electrons. The monoisotopic (exact) mass is 273 g/mol. The molecule has 1 heterocycles. The van der Waals surface area contributed by atoms with Crippen LogP contribution in [0.25, 0.3) is 0 Å². The van der Waals surface area contributed by atoms with Crippen molar-refractivity contribution in [2.24, 2.45) is 0 Å². The number of rotatable bonds is 7. The average Bonchev–Trinajstić information content (AvgIpc) is 2.31. The molecule has 2 N–H and O–H groups in total. The Bertz CT molecular complexity index is 303. The van der Waals surface area contributed by atoms with E-state index in [-0.39, 0.29) is 18.5 Å². The molecule has 1 aliphatic heterocycles. The van der Waals surface area contributed by atoms with Crippen LogP contribution in [-0.2, 0) is 14.3 Å². The second-order valence-electron chi connectivity index (χ2n) is 4.87. The molecule has 7 heteroatoms. The number of nitrogens with zero attached hydrogens (tertiary/aromatic N) is 2. The Kier molecular flexibility index (Phi) is 6.75. The quantitative estimate of drug-likeness (QED) is 0.609. The van der Waals surface area contributed by atoms with Crippen LogP contribution >= 0.6 is 0 Å². The zero-order chi connectivity index (χ0) is 14.3. The van der Waals surface area contributed by atoms with E-state index in [0.717, 1.165) is 13.1 Å². The Morgan fingerprint density at radius 1 is 1.21 bits per heavy atom. The van der Waals surface area contributed by atoms with Gasteiger partial charge in [0.05, 0.1) is 19.7 Å². The van der Waals surface area contributed by atoms with E-state index in [0.29, 0.717) is 26.2 Å². The van der Waals surface area contributed by atoms with Gasteiger partial charge in [0.1, 0.15) is 0 Å². The summed E-state index contributed by atoms with van der Waals surface area (Å²) in [6, 6.07) is 0.00537. The number of hydrogen-bond donors (Lipinski definition) is 2. The van der Waals surface area contributed by atoms with Crippen LogP contribution in [0, 0.1) is 0 Å². The zero-order valence-electron chi connectivity index (χ0n) is 11.6. The summed E-state index contributed by atoms with van der Waals surface area (Å²) < 4.78 is 4.95. The predicted octanol–water partition coefficient (Wildman–Crippen LogP) is -1.16. The number of carboxylic acids is 1. The molecule has 1 fully saturated rings. The highest BCUT2D eigenvalue weighted by Crippen LogP contribution is 2.01. The zero-order valence-corrected chi connectivity index (χ0v) is 11.6. The maximum Gasteiger partial charge on any atom is 0.317 e. The van der Waals surface area contributed by atoms with Crippen molar-refractivity contribution in [1.29, 1.82) is 0 Å². The van der Waals surface area contributed by atoms with Crippen LogP contribution in [0.15, 0.2) is 0 Å². The molecular weight excluding hydrogens is 250 g/mol. The van der Waals surface area contributed by atoms with Crippen LogP contribution in [0.1, 0.15) is 6.92 Å². The van der Waals surface area contributed by atoms with Gasteiger partial charge in [-0.1, -0.05) is 0 Å². The van der Waals surface area contributed by atoms with Crippen LogP contribution in [0.2, 0.25) is 0 Å². The first-order valence-corrected chi connectivity index (χ1v) is 6.46. The number of amides is 1. The molecule has 1 aliphatic rings. The summed E-state index contributed by atoms with van der Waals surface area (Å²) in [6.07, 6.45) is 0. The molecule has 0 aliphatic carbocycles. The van der Waals surface area contributed by atoms with Gasteiger partial charge in [-0.2, -0.15) is 0 Å². The second-order valence-corrected chi connectivity index (χ2v) is 4.87. The highest BCUT2D eigenvalue weighted by atomic mass is 16.5. The summed E-state index contributed by atoms with van der Waals surface area (Å²) in [5.41, 5.74) is 0. The van der Waals surface area contributed by atoms with Crippen molar-refractivity contribution >= 4 is 11.9 Å². The van der Waals surface area contributed by atoms with E-state index in [2.05, 4.69) is 5.32 Å². The molecule has 0 aromatic carbocycles. The van der Waals surface area contributed by atoms with Crippen LogP contribution in [0.3, 0.4) is 0 Å². The summed E-state index contributed by atoms with van der Waals surface area (Å²) in [5.74, 6) is -0.823. The van der Waals surface area contributed by atoms with Crippen molar-refractivity contribution in [2.75, 3.05) is 53.0 Å². The first-order chi connectivity index (χ1) is 9.01. The van der Waals surface area contributed by atoms with Crippen molar-refractivity contribution < 1.29 is 19.4 Å². The molecule has 1 saturated heterocycles. The minimum atomic E-state index is -0.806. The van der Waals surface area contributed by atoms with E-state index in [1.165, 1.54) is 0 Å². The van der Waals surface area contributed by atoms with Gasteiger partial charge < -0.3 is 15.2 Å². The summed E-state index contributed by atoms with van der Waals surface area (Å²) in [7, 11) is 1.60. The van der Waals surface area contributed by atoms with Crippen LogP contribution in [0.5, 0.6) is 0 Å². The summed E-state index contributed by atoms with van der Waals surface area (Å²) in [4.78, 5) is 26.2. The third-order valence-electron chi connectivity index (χ3n) is 3.02. The fraction of sp³-hybridized carbons (Fsp3) is 0.833. The molecule has 19 heavy (non-hydrogen) atoms. The number of piperazine rings is 1. The Hall–Kier alpha value is -1.18. The second kappa shape index (κ2) is 8.08. The molecule has 0 spiro atoms. The topological polar surface area (TPSA) is 82.1 Å². The van der Waals surface area contributed by atoms with E-state index in [1.54, 1.807) is 7.11 Å². The maximum atomic E-state index is 11.7. The van der Waals surface area contributed by atoms with E-state index >= 15 is 0 Å². The van der Waals surface area contributed by atoms with E-state index < -0.39 is 5.97 Å². The fourth-order valence-corrected chi connectivity index (χ4v) is 2.11. The number of carboxylic acid groups (broad SMARTS) is 1. The van der Waals surface area contributed by atoms with Crippen molar-refractivity contribution in [1.82, 2.24) is 15.1 Å². The standard InChI is InChI=1S/C12H23N3O4/c1-10(9-19-2)13-11(16)7-14-3-5-15(6-4-14)8-12(17)18/h10H,3-9H2,1-2H3,(H,13,16)(H,17,18). The number of carbonyl (C=O) groups excluding carboxylic acids is 1. The van der Waals surface area contributed by atoms with Crippen LogP contribution in [0.4, 0.5) is 0 Å². The Morgan fingerprint density at radius 3 is 2.21 bits per heavy atom. The van der Waals surface area contributed by atoms with Gasteiger partial charge in [-0.05, 0) is 6.92 Å². The summed E-state index contributed by atoms with van der Waals surface area (Å²) in [5, 5.41) is 11.6. The maximum absolute atomic E-state index is 11.7. The van der Waals surface area contributed by atoms with Gasteiger partial charge in [-0.25, -0.2) is 0 Å². The number of hydrogen-bond acceptors (Lipinski definition) is 5. The van der Waals surface area contributed by atoms with Crippen molar-refractivity contribution in [3.63, 3.8) is 0 Å². The van der Waals surface area contributed by atoms with Gasteiger partial charge in [-0.3, -0.25) is 19.4 Å². The third kappa shape index (κ3) is 6.51. The number of carbonyl (C=O) groups is 2. The lowest BCUT2D eigenvalue weighted by Crippen LogP contribution is -2.51. The molecule has 1 amide bonds. The van der Waals surface area contributed by atoms with Gasteiger partial charge in [0, 0.05) is 39.3 Å². The van der Waals surface area contributed by atoms with Gasteiger partial charge in [0.15, 0.2) is 0 Å². The number of aliphatic carboxylic acids is 1. The Balaban J connectivity index is 2.21. The van der Waals surface area contributed by atoms with Crippen molar-refractivity contribution in [2.45, 2.75) is 13.0 Å². The lowest BCUT2D eigenvalue weighted by atomic mass is 10.3. The number of nitrogens with one attached hydrogen (secondary N) is 1. The minimum Gasteiger partial charge on any atom is -0.480 e. The lowest BCUT2D eigenvalue weighted by Gasteiger charge is -2.33. The first-order valence-electron chi connectivity index (χ1n) is 6.46. The van der Waals surface area contributed by atoms with Gasteiger partial charge in [0.25, 0.3) is 0 Å². The fourth-order valence-electron chi connectivity index (χ4n) is 2.11. The molecule has 1 atom stereocenters. The van der Waals surface area contributed by atoms with Crippen LogP contribution in [-0.4, -0.2) is 85.8 Å². The summed E-state index contributed by atoms with van der Waals surface area (Å²) in [6.45, 7) is 5.64. The minimum absolute atomic E-state index is 0.00537. The third-order valence-corrected chi connectivity index (χ3v) is 3.02. The Labute approximate surface area is 113 Å². The molecule has 1 rings (SSSR count). The molecule has 0 saturated carbocycles. The number of methoxy groups -OCH3 is 1. The van der Waals surface area contributed by atoms with Gasteiger partial charge >= 0.3 is 5.97 Å². The van der Waals surface area contributed by atoms with E-state index in [4.69, 9.17) is 9.84 Å². The van der Waals surface area contributed by atoms with Gasteiger partial charge in [0.2, 0.25) is 5.91 Å². The van der Waals surface area contributed by atoms with Crippen LogP contribution < -0.4 is 5.32 Å². The SMILES string of the molecule is COCC(C)NC(=O)CN1CCN(CC(=O)O)CC1. The average molecular weight is 273 g/mol. The molecule has 0 aromatic rings. The molecular formula is C12H23N3O4. The van der Waals surface area contributed by atoms with E-state index in [1.807, 2.05) is 16.7 Å². The largest absolute Gasteiger partial charge is 0.480 e. The Morgan fingerprint density at radius 2 is 1.74 bits per heavy atom. The molecule has 0 aromatic heterocycles. The highest BCUT2D eigenvalue weighted by Gasteiger charge is 2.20. The lowest BCUT2D eigenvalue weighted by molar-refractivity contribution is -0.139.